The quantitative estimate of drug-likeness (QED) is 0.568. The van der Waals surface area contributed by atoms with E-state index in [1.54, 1.807) is 19.1 Å². The fourth-order valence-corrected chi connectivity index (χ4v) is 1.16. The minimum Gasteiger partial charge on any atom is -0.478 e. The molecule has 82 valence electrons. The maximum atomic E-state index is 10.8. The predicted octanol–water partition coefficient (Wildman–Crippen LogP) is 1.22. The lowest BCUT2D eigenvalue weighted by Crippen LogP contribution is -1.99. The van der Waals surface area contributed by atoms with Gasteiger partial charge in [-0.1, -0.05) is 5.92 Å². The second-order valence-electron chi connectivity index (χ2n) is 3.08. The highest BCUT2D eigenvalue weighted by molar-refractivity contribution is 5.90. The molecule has 0 amide bonds. The summed E-state index contributed by atoms with van der Waals surface area (Å²) in [5, 5.41) is 8.80. The van der Waals surface area contributed by atoms with Crippen molar-refractivity contribution >= 4 is 11.9 Å². The summed E-state index contributed by atoms with van der Waals surface area (Å²) in [5.74, 6) is 3.24. The first-order valence-corrected chi connectivity index (χ1v) is 4.48. The number of esters is 1. The number of benzene rings is 1. The molecular formula is C12H10O4. The van der Waals surface area contributed by atoms with Crippen LogP contribution in [0.1, 0.15) is 21.5 Å². The molecule has 0 aliphatic heterocycles. The zero-order valence-electron chi connectivity index (χ0n) is 8.90. The highest BCUT2D eigenvalue weighted by Gasteiger charge is 2.06. The number of carbonyl (C=O) groups is 2. The van der Waals surface area contributed by atoms with E-state index in [1.165, 1.54) is 13.2 Å². The third-order valence-electron chi connectivity index (χ3n) is 1.95. The van der Waals surface area contributed by atoms with E-state index in [0.717, 1.165) is 0 Å². The number of carbonyl (C=O) groups excluding carboxylic acids is 1. The van der Waals surface area contributed by atoms with E-state index < -0.39 is 11.9 Å². The van der Waals surface area contributed by atoms with E-state index in [0.29, 0.717) is 11.1 Å². The van der Waals surface area contributed by atoms with Gasteiger partial charge < -0.3 is 9.84 Å². The summed E-state index contributed by atoms with van der Waals surface area (Å²) >= 11 is 0. The molecule has 0 radical (unpaired) electrons. The standard InChI is InChI=1S/C12H10O4/c1-8-7-9(4-6-11(13)16-2)3-5-10(8)12(14)15/h3,5,7H,1-2H3,(H,14,15). The number of rotatable bonds is 1. The van der Waals surface area contributed by atoms with E-state index in [-0.39, 0.29) is 5.56 Å². The number of aryl methyl sites for hydroxylation is 1. The van der Waals surface area contributed by atoms with E-state index in [9.17, 15) is 9.59 Å². The van der Waals surface area contributed by atoms with Crippen molar-refractivity contribution in [2.45, 2.75) is 6.92 Å². The van der Waals surface area contributed by atoms with Gasteiger partial charge in [0.05, 0.1) is 12.7 Å². The molecule has 0 saturated carbocycles. The molecule has 1 aromatic rings. The zero-order valence-corrected chi connectivity index (χ0v) is 8.90. The van der Waals surface area contributed by atoms with Crippen LogP contribution < -0.4 is 0 Å². The van der Waals surface area contributed by atoms with Crippen molar-refractivity contribution in [3.63, 3.8) is 0 Å². The summed E-state index contributed by atoms with van der Waals surface area (Å²) in [4.78, 5) is 21.5. The Labute approximate surface area is 92.9 Å². The first-order chi connectivity index (χ1) is 7.54. The van der Waals surface area contributed by atoms with Crippen LogP contribution in [0.3, 0.4) is 0 Å². The molecule has 0 heterocycles. The van der Waals surface area contributed by atoms with E-state index in [1.807, 2.05) is 0 Å². The highest BCUT2D eigenvalue weighted by atomic mass is 16.5. The maximum absolute atomic E-state index is 10.8. The molecule has 4 heteroatoms. The van der Waals surface area contributed by atoms with Crippen LogP contribution in [0.4, 0.5) is 0 Å². The van der Waals surface area contributed by atoms with Crippen molar-refractivity contribution in [2.24, 2.45) is 0 Å². The molecule has 0 aromatic heterocycles. The summed E-state index contributed by atoms with van der Waals surface area (Å²) in [6, 6.07) is 4.62. The van der Waals surface area contributed by atoms with Crippen molar-refractivity contribution in [1.29, 1.82) is 0 Å². The first kappa shape index (κ1) is 11.8. The number of hydrogen-bond acceptors (Lipinski definition) is 3. The first-order valence-electron chi connectivity index (χ1n) is 4.48. The second kappa shape index (κ2) is 4.99. The summed E-state index contributed by atoms with van der Waals surface area (Å²) in [7, 11) is 1.25. The Kier molecular flexibility index (Phi) is 3.67. The third-order valence-corrected chi connectivity index (χ3v) is 1.95. The molecule has 4 nitrogen and oxygen atoms in total. The van der Waals surface area contributed by atoms with Gasteiger partial charge in [0.1, 0.15) is 0 Å². The van der Waals surface area contributed by atoms with Gasteiger partial charge in [-0.05, 0) is 30.7 Å². The molecule has 1 N–H and O–H groups in total. The molecule has 0 aliphatic carbocycles. The predicted molar refractivity (Wildman–Crippen MR) is 57.0 cm³/mol. The smallest absolute Gasteiger partial charge is 0.384 e. The van der Waals surface area contributed by atoms with Crippen LogP contribution in [-0.4, -0.2) is 24.2 Å². The number of aromatic carboxylic acids is 1. The lowest BCUT2D eigenvalue weighted by atomic mass is 10.1. The molecule has 0 unspecified atom stereocenters. The molecule has 1 rings (SSSR count). The van der Waals surface area contributed by atoms with Gasteiger partial charge in [-0.15, -0.1) is 0 Å². The fourth-order valence-electron chi connectivity index (χ4n) is 1.16. The molecule has 0 spiro atoms. The normalized spacial score (nSPS) is 8.88. The molecule has 1 aromatic carbocycles. The number of ether oxygens (including phenoxy) is 1. The topological polar surface area (TPSA) is 63.6 Å². The van der Waals surface area contributed by atoms with Gasteiger partial charge in [0.2, 0.25) is 0 Å². The lowest BCUT2D eigenvalue weighted by molar-refractivity contribution is -0.133. The Balaban J connectivity index is 3.01. The van der Waals surface area contributed by atoms with Crippen LogP contribution in [0.15, 0.2) is 18.2 Å². The Morgan fingerprint density at radius 3 is 2.56 bits per heavy atom. The average molecular weight is 218 g/mol. The maximum Gasteiger partial charge on any atom is 0.384 e. The molecule has 16 heavy (non-hydrogen) atoms. The monoisotopic (exact) mass is 218 g/mol. The number of carboxylic acids is 1. The van der Waals surface area contributed by atoms with Crippen LogP contribution in [0.25, 0.3) is 0 Å². The number of carboxylic acid groups (broad SMARTS) is 1. The van der Waals surface area contributed by atoms with Gasteiger partial charge in [-0.3, -0.25) is 0 Å². The minimum absolute atomic E-state index is 0.226. The Bertz CT molecular complexity index is 491. The van der Waals surface area contributed by atoms with E-state index >= 15 is 0 Å². The Morgan fingerprint density at radius 1 is 1.38 bits per heavy atom. The van der Waals surface area contributed by atoms with Crippen LogP contribution in [-0.2, 0) is 9.53 Å². The largest absolute Gasteiger partial charge is 0.478 e. The third kappa shape index (κ3) is 2.85. The summed E-state index contributed by atoms with van der Waals surface area (Å²) < 4.78 is 4.36. The van der Waals surface area contributed by atoms with Crippen molar-refractivity contribution < 1.29 is 19.4 Å². The van der Waals surface area contributed by atoms with Crippen LogP contribution in [0.5, 0.6) is 0 Å². The van der Waals surface area contributed by atoms with E-state index in [4.69, 9.17) is 5.11 Å². The molecule has 0 atom stereocenters. The van der Waals surface area contributed by atoms with Gasteiger partial charge in [0.25, 0.3) is 0 Å². The Morgan fingerprint density at radius 2 is 2.06 bits per heavy atom. The van der Waals surface area contributed by atoms with E-state index in [2.05, 4.69) is 16.6 Å². The highest BCUT2D eigenvalue weighted by Crippen LogP contribution is 2.10. The molecule has 0 saturated heterocycles. The second-order valence-corrected chi connectivity index (χ2v) is 3.08. The lowest BCUT2D eigenvalue weighted by Gasteiger charge is -2.00. The van der Waals surface area contributed by atoms with Gasteiger partial charge >= 0.3 is 11.9 Å². The Hall–Kier alpha value is -2.28. The van der Waals surface area contributed by atoms with Crippen LogP contribution >= 0.6 is 0 Å². The zero-order chi connectivity index (χ0) is 12.1. The molecule has 0 aliphatic rings. The van der Waals surface area contributed by atoms with Crippen molar-refractivity contribution in [3.8, 4) is 11.8 Å². The summed E-state index contributed by atoms with van der Waals surface area (Å²) in [6.45, 7) is 1.67. The van der Waals surface area contributed by atoms with Crippen molar-refractivity contribution in [2.75, 3.05) is 7.11 Å². The SMILES string of the molecule is COC(=O)C#Cc1ccc(C(=O)O)c(C)c1. The molecule has 0 bridgehead atoms. The summed E-state index contributed by atoms with van der Waals surface area (Å²) in [5.41, 5.74) is 1.40. The average Bonchev–Trinajstić information content (AvgIpc) is 2.25. The van der Waals surface area contributed by atoms with Crippen molar-refractivity contribution in [1.82, 2.24) is 0 Å². The van der Waals surface area contributed by atoms with Gasteiger partial charge in [-0.2, -0.15) is 0 Å². The van der Waals surface area contributed by atoms with Crippen molar-refractivity contribution in [3.05, 3.63) is 34.9 Å². The van der Waals surface area contributed by atoms with Crippen LogP contribution in [0.2, 0.25) is 0 Å². The fraction of sp³-hybridized carbons (Fsp3) is 0.167. The van der Waals surface area contributed by atoms with Gasteiger partial charge in [0, 0.05) is 11.5 Å². The van der Waals surface area contributed by atoms with Crippen LogP contribution in [0, 0.1) is 18.8 Å². The molecular weight excluding hydrogens is 208 g/mol. The summed E-state index contributed by atoms with van der Waals surface area (Å²) in [6.07, 6.45) is 0. The molecule has 0 fully saturated rings. The van der Waals surface area contributed by atoms with Gasteiger partial charge in [-0.25, -0.2) is 9.59 Å². The van der Waals surface area contributed by atoms with Gasteiger partial charge in [0.15, 0.2) is 0 Å². The minimum atomic E-state index is -0.982. The number of hydrogen-bond donors (Lipinski definition) is 1. The number of methoxy groups -OCH3 is 1.